The lowest BCUT2D eigenvalue weighted by Crippen LogP contribution is -2.13. The van der Waals surface area contributed by atoms with E-state index in [0.29, 0.717) is 23.6 Å². The van der Waals surface area contributed by atoms with E-state index in [-0.39, 0.29) is 15.8 Å². The third-order valence-corrected chi connectivity index (χ3v) is 4.82. The number of rotatable bonds is 5. The van der Waals surface area contributed by atoms with Gasteiger partial charge in [-0.25, -0.2) is 13.5 Å². The smallest absolute Gasteiger partial charge is 0.291 e. The molecule has 1 aromatic carbocycles. The van der Waals surface area contributed by atoms with Crippen LogP contribution in [0.1, 0.15) is 38.6 Å². The molecule has 0 spiro atoms. The van der Waals surface area contributed by atoms with Gasteiger partial charge in [0.05, 0.1) is 17.8 Å². The zero-order chi connectivity index (χ0) is 18.8. The molecule has 0 fully saturated rings. The molecule has 10 heteroatoms. The number of aryl methyl sites for hydroxylation is 2. The summed E-state index contributed by atoms with van der Waals surface area (Å²) in [5.74, 6) is -0.570. The van der Waals surface area contributed by atoms with Gasteiger partial charge in [-0.3, -0.25) is 10.1 Å². The summed E-state index contributed by atoms with van der Waals surface area (Å²) in [6.45, 7) is 4.04. The van der Waals surface area contributed by atoms with Crippen molar-refractivity contribution < 1.29 is 13.6 Å². The van der Waals surface area contributed by atoms with Crippen LogP contribution in [0.3, 0.4) is 0 Å². The van der Waals surface area contributed by atoms with E-state index in [4.69, 9.17) is 11.6 Å². The predicted octanol–water partition coefficient (Wildman–Crippen LogP) is 4.24. The van der Waals surface area contributed by atoms with Crippen molar-refractivity contribution in [2.24, 2.45) is 0 Å². The maximum absolute atomic E-state index is 12.6. The molecule has 136 valence electrons. The lowest BCUT2D eigenvalue weighted by Gasteiger charge is -2.05. The molecule has 26 heavy (non-hydrogen) atoms. The number of hydrogen-bond acceptors (Lipinski definition) is 5. The Morgan fingerprint density at radius 1 is 1.27 bits per heavy atom. The van der Waals surface area contributed by atoms with Crippen LogP contribution in [0, 0.1) is 13.8 Å². The molecule has 1 N–H and O–H groups in total. The molecular formula is C16H14ClF2N5OS. The minimum atomic E-state index is -2.74. The normalized spacial score (nSPS) is 11.2. The van der Waals surface area contributed by atoms with Crippen LogP contribution in [-0.4, -0.2) is 25.9 Å². The standard InChI is InChI=1S/C16H14ClF2N5OS/c1-8-3-5-10(6-4-8)7-24-12(17)11(9(2)23-24)14(25)20-16-22-21-15(26-16)13(18)19/h3-6,13H,7H2,1-2H3,(H,20,22,25). The first kappa shape index (κ1) is 18.4. The molecule has 1 amide bonds. The Balaban J connectivity index is 1.80. The van der Waals surface area contributed by atoms with Gasteiger partial charge in [0.1, 0.15) is 5.15 Å². The van der Waals surface area contributed by atoms with Crippen molar-refractivity contribution in [3.63, 3.8) is 0 Å². The lowest BCUT2D eigenvalue weighted by atomic mass is 10.1. The van der Waals surface area contributed by atoms with Crippen LogP contribution < -0.4 is 5.32 Å². The first-order chi connectivity index (χ1) is 12.3. The first-order valence-electron chi connectivity index (χ1n) is 7.56. The van der Waals surface area contributed by atoms with Crippen molar-refractivity contribution >= 4 is 34.0 Å². The van der Waals surface area contributed by atoms with Crippen molar-refractivity contribution in [3.05, 3.63) is 56.8 Å². The van der Waals surface area contributed by atoms with Crippen molar-refractivity contribution in [1.82, 2.24) is 20.0 Å². The monoisotopic (exact) mass is 397 g/mol. The van der Waals surface area contributed by atoms with Gasteiger partial charge in [-0.1, -0.05) is 52.8 Å². The summed E-state index contributed by atoms with van der Waals surface area (Å²) in [5.41, 5.74) is 2.72. The second-order valence-corrected chi connectivity index (χ2v) is 6.96. The van der Waals surface area contributed by atoms with Crippen molar-refractivity contribution in [3.8, 4) is 0 Å². The van der Waals surface area contributed by atoms with Crippen LogP contribution in [0.4, 0.5) is 13.9 Å². The van der Waals surface area contributed by atoms with Crippen molar-refractivity contribution in [2.45, 2.75) is 26.8 Å². The van der Waals surface area contributed by atoms with E-state index in [0.717, 1.165) is 11.1 Å². The van der Waals surface area contributed by atoms with Crippen molar-refractivity contribution in [2.75, 3.05) is 5.32 Å². The van der Waals surface area contributed by atoms with E-state index in [1.165, 1.54) is 4.68 Å². The maximum Gasteiger partial charge on any atom is 0.291 e. The topological polar surface area (TPSA) is 72.7 Å². The number of carbonyl (C=O) groups excluding carboxylic acids is 1. The van der Waals surface area contributed by atoms with Crippen LogP contribution >= 0.6 is 22.9 Å². The second kappa shape index (κ2) is 7.46. The average molecular weight is 398 g/mol. The zero-order valence-electron chi connectivity index (χ0n) is 13.8. The van der Waals surface area contributed by atoms with Crippen LogP contribution in [0.15, 0.2) is 24.3 Å². The van der Waals surface area contributed by atoms with E-state index in [1.54, 1.807) is 6.92 Å². The summed E-state index contributed by atoms with van der Waals surface area (Å²) in [6, 6.07) is 7.86. The third kappa shape index (κ3) is 3.88. The summed E-state index contributed by atoms with van der Waals surface area (Å²) in [4.78, 5) is 12.4. The van der Waals surface area contributed by atoms with Gasteiger partial charge in [-0.05, 0) is 19.4 Å². The Hall–Kier alpha value is -2.39. The predicted molar refractivity (Wildman–Crippen MR) is 95.1 cm³/mol. The number of benzene rings is 1. The second-order valence-electron chi connectivity index (χ2n) is 5.59. The number of nitrogens with one attached hydrogen (secondary N) is 1. The minimum absolute atomic E-state index is 0.0212. The molecule has 3 rings (SSSR count). The molecule has 0 radical (unpaired) electrons. The Labute approximate surface area is 156 Å². The number of nitrogens with zero attached hydrogens (tertiary/aromatic N) is 4. The van der Waals surface area contributed by atoms with Crippen LogP contribution in [0.25, 0.3) is 0 Å². The number of alkyl halides is 2. The van der Waals surface area contributed by atoms with Crippen LogP contribution in [-0.2, 0) is 6.54 Å². The number of hydrogen-bond donors (Lipinski definition) is 1. The highest BCUT2D eigenvalue weighted by Crippen LogP contribution is 2.27. The molecule has 0 atom stereocenters. The molecule has 2 heterocycles. The fourth-order valence-electron chi connectivity index (χ4n) is 2.32. The highest BCUT2D eigenvalue weighted by molar-refractivity contribution is 7.15. The van der Waals surface area contributed by atoms with E-state index < -0.39 is 17.3 Å². The summed E-state index contributed by atoms with van der Waals surface area (Å²) in [6.07, 6.45) is -2.74. The van der Waals surface area contributed by atoms with E-state index in [2.05, 4.69) is 20.6 Å². The van der Waals surface area contributed by atoms with Gasteiger partial charge in [0.15, 0.2) is 5.01 Å². The van der Waals surface area contributed by atoms with Gasteiger partial charge >= 0.3 is 0 Å². The van der Waals surface area contributed by atoms with Gasteiger partial charge in [0, 0.05) is 0 Å². The quantitative estimate of drug-likeness (QED) is 0.698. The molecule has 3 aromatic rings. The molecule has 0 aliphatic rings. The molecule has 0 unspecified atom stereocenters. The first-order valence-corrected chi connectivity index (χ1v) is 8.76. The molecule has 6 nitrogen and oxygen atoms in total. The lowest BCUT2D eigenvalue weighted by molar-refractivity contribution is 0.102. The summed E-state index contributed by atoms with van der Waals surface area (Å²) < 4.78 is 26.6. The molecular weight excluding hydrogens is 384 g/mol. The Morgan fingerprint density at radius 2 is 1.96 bits per heavy atom. The van der Waals surface area contributed by atoms with E-state index >= 15 is 0 Å². The zero-order valence-corrected chi connectivity index (χ0v) is 15.4. The van der Waals surface area contributed by atoms with Crippen molar-refractivity contribution in [1.29, 1.82) is 0 Å². The molecule has 0 bridgehead atoms. The fourth-order valence-corrected chi connectivity index (χ4v) is 3.23. The van der Waals surface area contributed by atoms with Gasteiger partial charge in [0.25, 0.3) is 12.3 Å². The fraction of sp³-hybridized carbons (Fsp3) is 0.250. The third-order valence-electron chi connectivity index (χ3n) is 3.59. The van der Waals surface area contributed by atoms with E-state index in [1.807, 2.05) is 31.2 Å². The van der Waals surface area contributed by atoms with Gasteiger partial charge in [-0.2, -0.15) is 5.10 Å². The number of anilines is 1. The highest BCUT2D eigenvalue weighted by atomic mass is 35.5. The average Bonchev–Trinajstić information content (AvgIpc) is 3.15. The molecule has 0 aliphatic heterocycles. The molecule has 0 saturated heterocycles. The van der Waals surface area contributed by atoms with Crippen LogP contribution in [0.5, 0.6) is 0 Å². The Morgan fingerprint density at radius 3 is 2.58 bits per heavy atom. The Bertz CT molecular complexity index is 939. The number of amides is 1. The largest absolute Gasteiger partial charge is 0.296 e. The number of carbonyl (C=O) groups is 1. The highest BCUT2D eigenvalue weighted by Gasteiger charge is 2.22. The maximum atomic E-state index is 12.6. The number of halogens is 3. The van der Waals surface area contributed by atoms with Crippen LogP contribution in [0.2, 0.25) is 5.15 Å². The number of aromatic nitrogens is 4. The Kier molecular flexibility index (Phi) is 5.28. The summed E-state index contributed by atoms with van der Waals surface area (Å²) in [7, 11) is 0. The van der Waals surface area contributed by atoms with Gasteiger partial charge < -0.3 is 0 Å². The molecule has 2 aromatic heterocycles. The SMILES string of the molecule is Cc1ccc(Cn2nc(C)c(C(=O)Nc3nnc(C(F)F)s3)c2Cl)cc1. The van der Waals surface area contributed by atoms with E-state index in [9.17, 15) is 13.6 Å². The summed E-state index contributed by atoms with van der Waals surface area (Å²) in [5, 5.41) is 13.3. The summed E-state index contributed by atoms with van der Waals surface area (Å²) >= 11 is 6.93. The molecule has 0 saturated carbocycles. The minimum Gasteiger partial charge on any atom is -0.296 e. The molecule has 0 aliphatic carbocycles. The van der Waals surface area contributed by atoms with Gasteiger partial charge in [-0.15, -0.1) is 10.2 Å². The van der Waals surface area contributed by atoms with Gasteiger partial charge in [0.2, 0.25) is 5.13 Å².